The lowest BCUT2D eigenvalue weighted by Gasteiger charge is -2.16. The Hall–Kier alpha value is -7.60. The van der Waals surface area contributed by atoms with Crippen molar-refractivity contribution in [3.05, 3.63) is 218 Å². The number of nitrogens with zero attached hydrogens (tertiary/aromatic N) is 4. The molecule has 4 nitrogen and oxygen atoms in total. The Morgan fingerprint density at radius 2 is 0.787 bits per heavy atom. The van der Waals surface area contributed by atoms with Crippen molar-refractivity contribution in [3.63, 3.8) is 0 Å². The number of fused-ring (bicyclic) bond motifs is 3. The van der Waals surface area contributed by atoms with E-state index in [1.165, 1.54) is 42.4 Å². The van der Waals surface area contributed by atoms with Crippen LogP contribution in [-0.2, 0) is 0 Å². The number of hydrogen-bond acceptors (Lipinski definition) is 5. The predicted molar refractivity (Wildman–Crippen MR) is 255 cm³/mol. The van der Waals surface area contributed by atoms with E-state index in [0.29, 0.717) is 5.82 Å². The number of allylic oxidation sites excluding steroid dienone is 4. The van der Waals surface area contributed by atoms with Gasteiger partial charge in [0.05, 0.1) is 22.8 Å². The van der Waals surface area contributed by atoms with Crippen molar-refractivity contribution in [1.82, 2.24) is 19.9 Å². The molecule has 0 amide bonds. The van der Waals surface area contributed by atoms with Gasteiger partial charge in [-0.3, -0.25) is 0 Å². The molecule has 0 saturated heterocycles. The summed E-state index contributed by atoms with van der Waals surface area (Å²) in [5.41, 5.74) is 14.9. The summed E-state index contributed by atoms with van der Waals surface area (Å²) in [6.07, 6.45) is 6.57. The monoisotopic (exact) mass is 798 g/mol. The van der Waals surface area contributed by atoms with Gasteiger partial charge in [-0.05, 0) is 89.2 Å². The maximum atomic E-state index is 5.15. The van der Waals surface area contributed by atoms with Gasteiger partial charge in [0.2, 0.25) is 0 Å². The van der Waals surface area contributed by atoms with Crippen LogP contribution >= 0.6 is 11.3 Å². The normalized spacial score (nSPS) is 12.7. The predicted octanol–water partition coefficient (Wildman–Crippen LogP) is 14.9. The molecule has 5 heteroatoms. The van der Waals surface area contributed by atoms with Crippen LogP contribution in [0.4, 0.5) is 0 Å². The highest BCUT2D eigenvalue weighted by molar-refractivity contribution is 7.25. The molecular formula is C56H38N4S. The molecule has 3 aromatic heterocycles. The Morgan fingerprint density at radius 3 is 1.38 bits per heavy atom. The van der Waals surface area contributed by atoms with Crippen LogP contribution in [-0.4, -0.2) is 19.9 Å². The van der Waals surface area contributed by atoms with E-state index in [1.54, 1.807) is 0 Å². The van der Waals surface area contributed by atoms with E-state index in [9.17, 15) is 0 Å². The van der Waals surface area contributed by atoms with E-state index < -0.39 is 0 Å². The molecular weight excluding hydrogens is 761 g/mol. The molecule has 11 rings (SSSR count). The maximum Gasteiger partial charge on any atom is 0.160 e. The summed E-state index contributed by atoms with van der Waals surface area (Å²) in [7, 11) is 0. The Kier molecular flexibility index (Phi) is 9.49. The third-order valence-corrected chi connectivity index (χ3v) is 12.5. The van der Waals surface area contributed by atoms with Crippen LogP contribution in [0.1, 0.15) is 24.1 Å². The Labute approximate surface area is 359 Å². The van der Waals surface area contributed by atoms with Gasteiger partial charge in [0.1, 0.15) is 0 Å². The molecule has 0 fully saturated rings. The standard InChI is InChI=1S/C56H38N4S/c1-5-15-37(16-6-1)49-35-51(59-55(57-49)39-19-9-3-10-20-39)45-25-13-23-41(31-45)43-27-29-53-47(33-43)48-34-44(28-30-54(48)61-53)42-24-14-26-46(32-42)52-36-50(38-17-7-2-8-18-38)58-56(60-52)40-21-11-4-12-22-40/h1-13,15-25,27-36H,14,26H2. The van der Waals surface area contributed by atoms with Crippen LogP contribution in [0, 0.1) is 0 Å². The van der Waals surface area contributed by atoms with Crippen molar-refractivity contribution < 1.29 is 0 Å². The number of thiophene rings is 1. The lowest BCUT2D eigenvalue weighted by atomic mass is 9.91. The first-order valence-electron chi connectivity index (χ1n) is 20.7. The van der Waals surface area contributed by atoms with Crippen LogP contribution in [0.3, 0.4) is 0 Å². The fourth-order valence-corrected chi connectivity index (χ4v) is 9.32. The van der Waals surface area contributed by atoms with Crippen molar-refractivity contribution in [3.8, 4) is 67.7 Å². The molecule has 0 aliphatic heterocycles. The van der Waals surface area contributed by atoms with Gasteiger partial charge in [-0.1, -0.05) is 158 Å². The van der Waals surface area contributed by atoms with E-state index in [4.69, 9.17) is 19.9 Å². The molecule has 0 bridgehead atoms. The lowest BCUT2D eigenvalue weighted by Crippen LogP contribution is -2.00. The lowest BCUT2D eigenvalue weighted by molar-refractivity contribution is 1.03. The molecule has 0 spiro atoms. The van der Waals surface area contributed by atoms with Crippen molar-refractivity contribution in [2.75, 3.05) is 0 Å². The van der Waals surface area contributed by atoms with E-state index >= 15 is 0 Å². The molecule has 7 aromatic carbocycles. The molecule has 1 aliphatic carbocycles. The second-order valence-electron chi connectivity index (χ2n) is 15.4. The molecule has 0 atom stereocenters. The number of rotatable bonds is 8. The van der Waals surface area contributed by atoms with E-state index in [2.05, 4.69) is 158 Å². The number of hydrogen-bond donors (Lipinski definition) is 0. The second kappa shape index (κ2) is 15.9. The summed E-state index contributed by atoms with van der Waals surface area (Å²) in [6.45, 7) is 0. The highest BCUT2D eigenvalue weighted by Gasteiger charge is 2.17. The fraction of sp³-hybridized carbons (Fsp3) is 0.0357. The van der Waals surface area contributed by atoms with Crippen molar-refractivity contribution in [2.45, 2.75) is 12.8 Å². The molecule has 0 unspecified atom stereocenters. The summed E-state index contributed by atoms with van der Waals surface area (Å²) in [4.78, 5) is 20.3. The van der Waals surface area contributed by atoms with Gasteiger partial charge in [0.25, 0.3) is 0 Å². The SMILES string of the molecule is C1=C(c2ccc3sc4ccc(-c5cccc(-c6cc(-c7ccccc7)nc(-c7ccccc7)n6)c5)cc4c3c2)C=C(c2cc(-c3ccccc3)nc(-c3ccccc3)n2)CC1. The summed E-state index contributed by atoms with van der Waals surface area (Å²) < 4.78 is 2.56. The van der Waals surface area contributed by atoms with Gasteiger partial charge < -0.3 is 0 Å². The van der Waals surface area contributed by atoms with Crippen LogP contribution in [0.15, 0.2) is 206 Å². The van der Waals surface area contributed by atoms with Crippen LogP contribution < -0.4 is 0 Å². The van der Waals surface area contributed by atoms with Gasteiger partial charge in [-0.2, -0.15) is 0 Å². The molecule has 0 saturated carbocycles. The average Bonchev–Trinajstić information content (AvgIpc) is 3.72. The van der Waals surface area contributed by atoms with Crippen LogP contribution in [0.2, 0.25) is 0 Å². The van der Waals surface area contributed by atoms with E-state index in [1.807, 2.05) is 59.9 Å². The van der Waals surface area contributed by atoms with E-state index in [0.717, 1.165) is 74.8 Å². The summed E-state index contributed by atoms with van der Waals surface area (Å²) in [5, 5.41) is 2.54. The van der Waals surface area contributed by atoms with Gasteiger partial charge in [-0.15, -0.1) is 11.3 Å². The first-order valence-corrected chi connectivity index (χ1v) is 21.5. The molecule has 0 radical (unpaired) electrons. The van der Waals surface area contributed by atoms with Crippen molar-refractivity contribution in [1.29, 1.82) is 0 Å². The largest absolute Gasteiger partial charge is 0.228 e. The minimum atomic E-state index is 0.713. The average molecular weight is 799 g/mol. The molecule has 288 valence electrons. The highest BCUT2D eigenvalue weighted by atomic mass is 32.1. The molecule has 3 heterocycles. The fourth-order valence-electron chi connectivity index (χ4n) is 8.25. The summed E-state index contributed by atoms with van der Waals surface area (Å²) in [6, 6.07) is 68.0. The highest BCUT2D eigenvalue weighted by Crippen LogP contribution is 2.40. The molecule has 1 aliphatic rings. The Morgan fingerprint density at radius 1 is 0.344 bits per heavy atom. The topological polar surface area (TPSA) is 51.6 Å². The summed E-state index contributed by atoms with van der Waals surface area (Å²) in [5.74, 6) is 1.46. The molecule has 0 N–H and O–H groups in total. The second-order valence-corrected chi connectivity index (χ2v) is 16.4. The van der Waals surface area contributed by atoms with Crippen molar-refractivity contribution >= 4 is 42.7 Å². The number of aromatic nitrogens is 4. The number of benzene rings is 7. The van der Waals surface area contributed by atoms with E-state index in [-0.39, 0.29) is 0 Å². The zero-order valence-electron chi connectivity index (χ0n) is 33.2. The minimum absolute atomic E-state index is 0.713. The van der Waals surface area contributed by atoms with Gasteiger partial charge in [0.15, 0.2) is 11.6 Å². The van der Waals surface area contributed by atoms with Crippen molar-refractivity contribution in [2.24, 2.45) is 0 Å². The van der Waals surface area contributed by atoms with Gasteiger partial charge in [-0.25, -0.2) is 19.9 Å². The maximum absolute atomic E-state index is 5.15. The smallest absolute Gasteiger partial charge is 0.160 e. The Bertz CT molecular complexity index is 3170. The first kappa shape index (κ1) is 36.5. The van der Waals surface area contributed by atoms with Gasteiger partial charge in [0, 0.05) is 48.0 Å². The minimum Gasteiger partial charge on any atom is -0.228 e. The van der Waals surface area contributed by atoms with Gasteiger partial charge >= 0.3 is 0 Å². The quantitative estimate of drug-likeness (QED) is 0.154. The van der Waals surface area contributed by atoms with Crippen LogP contribution in [0.5, 0.6) is 0 Å². The third-order valence-electron chi connectivity index (χ3n) is 11.4. The summed E-state index contributed by atoms with van der Waals surface area (Å²) >= 11 is 1.85. The third kappa shape index (κ3) is 7.37. The molecule has 10 aromatic rings. The Balaban J connectivity index is 0.950. The zero-order chi connectivity index (χ0) is 40.5. The van der Waals surface area contributed by atoms with Crippen LogP contribution in [0.25, 0.3) is 99.0 Å². The zero-order valence-corrected chi connectivity index (χ0v) is 34.1. The first-order chi connectivity index (χ1) is 30.2. The molecule has 61 heavy (non-hydrogen) atoms.